The Morgan fingerprint density at radius 3 is 2.75 bits per heavy atom. The molecule has 5 nitrogen and oxygen atoms in total. The highest BCUT2D eigenvalue weighted by atomic mass is 32.1. The number of carbonyl (C=O) groups is 2. The molecular formula is C14H12N2O3S. The molecule has 0 saturated carbocycles. The first-order valence-electron chi connectivity index (χ1n) is 6.19. The Balaban J connectivity index is 1.84. The van der Waals surface area contributed by atoms with Crippen LogP contribution >= 0.6 is 11.3 Å². The zero-order valence-corrected chi connectivity index (χ0v) is 11.3. The third kappa shape index (κ3) is 2.30. The molecule has 1 saturated heterocycles. The topological polar surface area (TPSA) is 70.5 Å². The highest BCUT2D eigenvalue weighted by Gasteiger charge is 2.36. The van der Waals surface area contributed by atoms with Crippen molar-refractivity contribution < 1.29 is 14.7 Å². The summed E-state index contributed by atoms with van der Waals surface area (Å²) in [4.78, 5) is 28.7. The van der Waals surface area contributed by atoms with E-state index >= 15 is 0 Å². The molecule has 0 radical (unpaired) electrons. The number of nitrogens with zero attached hydrogens (tertiary/aromatic N) is 2. The van der Waals surface area contributed by atoms with Crippen molar-refractivity contribution >= 4 is 28.3 Å². The van der Waals surface area contributed by atoms with Crippen molar-refractivity contribution in [3.8, 4) is 11.3 Å². The lowest BCUT2D eigenvalue weighted by atomic mass is 10.1. The van der Waals surface area contributed by atoms with E-state index in [1.165, 1.54) is 16.2 Å². The highest BCUT2D eigenvalue weighted by Crippen LogP contribution is 2.31. The number of carboxylic acids is 1. The largest absolute Gasteiger partial charge is 0.481 e. The van der Waals surface area contributed by atoms with E-state index in [9.17, 15) is 9.59 Å². The summed E-state index contributed by atoms with van der Waals surface area (Å²) >= 11 is 1.36. The fourth-order valence-corrected chi connectivity index (χ4v) is 3.05. The van der Waals surface area contributed by atoms with Crippen LogP contribution in [0, 0.1) is 5.92 Å². The van der Waals surface area contributed by atoms with E-state index in [1.54, 1.807) is 0 Å². The molecule has 3 rings (SSSR count). The van der Waals surface area contributed by atoms with Crippen molar-refractivity contribution in [2.75, 3.05) is 11.4 Å². The second-order valence-electron chi connectivity index (χ2n) is 4.62. The first kappa shape index (κ1) is 12.8. The quantitative estimate of drug-likeness (QED) is 0.940. The van der Waals surface area contributed by atoms with Gasteiger partial charge < -0.3 is 5.11 Å². The fourth-order valence-electron chi connectivity index (χ4n) is 2.19. The van der Waals surface area contributed by atoms with E-state index < -0.39 is 11.9 Å². The number of hydrogen-bond donors (Lipinski definition) is 1. The van der Waals surface area contributed by atoms with E-state index in [2.05, 4.69) is 4.98 Å². The van der Waals surface area contributed by atoms with Crippen LogP contribution in [0.5, 0.6) is 0 Å². The van der Waals surface area contributed by atoms with Gasteiger partial charge in [0.1, 0.15) is 0 Å². The minimum absolute atomic E-state index is 0.0512. The molecule has 2 heterocycles. The summed E-state index contributed by atoms with van der Waals surface area (Å²) in [6, 6.07) is 9.68. The minimum atomic E-state index is -0.930. The summed E-state index contributed by atoms with van der Waals surface area (Å²) in [5.74, 6) is -1.74. The lowest BCUT2D eigenvalue weighted by molar-refractivity contribution is -0.141. The van der Waals surface area contributed by atoms with Crippen LogP contribution in [0.2, 0.25) is 0 Å². The van der Waals surface area contributed by atoms with E-state index in [0.717, 1.165) is 11.3 Å². The predicted octanol–water partition coefficient (Wildman–Crippen LogP) is 2.25. The maximum atomic E-state index is 11.9. The van der Waals surface area contributed by atoms with Gasteiger partial charge in [-0.2, -0.15) is 0 Å². The Hall–Kier alpha value is -2.21. The number of carboxylic acid groups (broad SMARTS) is 1. The number of hydrogen-bond acceptors (Lipinski definition) is 4. The van der Waals surface area contributed by atoms with Gasteiger partial charge in [-0.05, 0) is 0 Å². The van der Waals surface area contributed by atoms with Crippen LogP contribution in [0.1, 0.15) is 6.42 Å². The number of benzene rings is 1. The van der Waals surface area contributed by atoms with E-state index in [-0.39, 0.29) is 18.9 Å². The number of amides is 1. The van der Waals surface area contributed by atoms with Gasteiger partial charge in [-0.25, -0.2) is 4.98 Å². The smallest absolute Gasteiger partial charge is 0.308 e. The average molecular weight is 288 g/mol. The highest BCUT2D eigenvalue weighted by molar-refractivity contribution is 7.14. The number of aromatic nitrogens is 1. The molecule has 2 aromatic rings. The van der Waals surface area contributed by atoms with Crippen LogP contribution < -0.4 is 4.90 Å². The Bertz CT molecular complexity index is 653. The van der Waals surface area contributed by atoms with Crippen LogP contribution in [-0.2, 0) is 9.59 Å². The first-order chi connectivity index (χ1) is 9.65. The third-order valence-electron chi connectivity index (χ3n) is 3.27. The van der Waals surface area contributed by atoms with Gasteiger partial charge in [-0.3, -0.25) is 14.5 Å². The molecule has 1 aliphatic rings. The Morgan fingerprint density at radius 2 is 2.10 bits per heavy atom. The fraction of sp³-hybridized carbons (Fsp3) is 0.214. The van der Waals surface area contributed by atoms with Gasteiger partial charge in [0.2, 0.25) is 5.91 Å². The van der Waals surface area contributed by atoms with Gasteiger partial charge in [0.25, 0.3) is 0 Å². The Morgan fingerprint density at radius 1 is 1.35 bits per heavy atom. The normalized spacial score (nSPS) is 18.5. The van der Waals surface area contributed by atoms with Crippen molar-refractivity contribution in [3.05, 3.63) is 35.7 Å². The standard InChI is InChI=1S/C14H12N2O3S/c17-12-6-10(13(18)19)7-16(12)14-15-11(8-20-14)9-4-2-1-3-5-9/h1-5,8,10H,6-7H2,(H,18,19)/t10-/m1/s1. The molecule has 102 valence electrons. The summed E-state index contributed by atoms with van der Waals surface area (Å²) < 4.78 is 0. The summed E-state index contributed by atoms with van der Waals surface area (Å²) in [6.07, 6.45) is 0.0512. The lowest BCUT2D eigenvalue weighted by Gasteiger charge is -2.11. The Labute approximate surface area is 119 Å². The molecule has 20 heavy (non-hydrogen) atoms. The zero-order chi connectivity index (χ0) is 14.1. The predicted molar refractivity (Wildman–Crippen MR) is 75.6 cm³/mol. The van der Waals surface area contributed by atoms with E-state index in [0.29, 0.717) is 5.13 Å². The van der Waals surface area contributed by atoms with E-state index in [4.69, 9.17) is 5.11 Å². The molecule has 1 aliphatic heterocycles. The maximum Gasteiger partial charge on any atom is 0.308 e. The molecule has 1 amide bonds. The Kier molecular flexibility index (Phi) is 3.23. The maximum absolute atomic E-state index is 11.9. The third-order valence-corrected chi connectivity index (χ3v) is 4.13. The zero-order valence-electron chi connectivity index (χ0n) is 10.5. The molecular weight excluding hydrogens is 276 g/mol. The minimum Gasteiger partial charge on any atom is -0.481 e. The molecule has 1 aromatic heterocycles. The van der Waals surface area contributed by atoms with Gasteiger partial charge in [-0.1, -0.05) is 30.3 Å². The molecule has 6 heteroatoms. The van der Waals surface area contributed by atoms with E-state index in [1.807, 2.05) is 35.7 Å². The SMILES string of the molecule is O=C(O)[C@@H]1CC(=O)N(c2nc(-c3ccccc3)cs2)C1. The summed E-state index contributed by atoms with van der Waals surface area (Å²) in [6.45, 7) is 0.204. The molecule has 0 bridgehead atoms. The van der Waals surface area contributed by atoms with Crippen LogP contribution in [-0.4, -0.2) is 28.5 Å². The second kappa shape index (κ2) is 5.05. The molecule has 1 fully saturated rings. The van der Waals surface area contributed by atoms with Gasteiger partial charge in [0, 0.05) is 23.9 Å². The van der Waals surface area contributed by atoms with Gasteiger partial charge in [0.15, 0.2) is 5.13 Å². The molecule has 0 aliphatic carbocycles. The van der Waals surface area contributed by atoms with Gasteiger partial charge in [-0.15, -0.1) is 11.3 Å². The summed E-state index contributed by atoms with van der Waals surface area (Å²) in [5.41, 5.74) is 1.79. The van der Waals surface area contributed by atoms with Crippen molar-refractivity contribution in [2.24, 2.45) is 5.92 Å². The lowest BCUT2D eigenvalue weighted by Crippen LogP contribution is -2.25. The molecule has 0 spiro atoms. The summed E-state index contributed by atoms with van der Waals surface area (Å²) in [5, 5.41) is 11.4. The van der Waals surface area contributed by atoms with Crippen LogP contribution in [0.4, 0.5) is 5.13 Å². The number of thiazole rings is 1. The van der Waals surface area contributed by atoms with Crippen LogP contribution in [0.25, 0.3) is 11.3 Å². The second-order valence-corrected chi connectivity index (χ2v) is 5.46. The van der Waals surface area contributed by atoms with Crippen LogP contribution in [0.15, 0.2) is 35.7 Å². The number of rotatable bonds is 3. The monoisotopic (exact) mass is 288 g/mol. The van der Waals surface area contributed by atoms with Crippen molar-refractivity contribution in [2.45, 2.75) is 6.42 Å². The molecule has 1 atom stereocenters. The van der Waals surface area contributed by atoms with Crippen molar-refractivity contribution in [3.63, 3.8) is 0 Å². The van der Waals surface area contributed by atoms with Crippen molar-refractivity contribution in [1.82, 2.24) is 4.98 Å². The van der Waals surface area contributed by atoms with Crippen molar-refractivity contribution in [1.29, 1.82) is 0 Å². The first-order valence-corrected chi connectivity index (χ1v) is 7.07. The molecule has 1 N–H and O–H groups in total. The molecule has 1 aromatic carbocycles. The average Bonchev–Trinajstić information content (AvgIpc) is 3.06. The number of aliphatic carboxylic acids is 1. The molecule has 0 unspecified atom stereocenters. The number of anilines is 1. The number of carbonyl (C=O) groups excluding carboxylic acids is 1. The van der Waals surface area contributed by atoms with Crippen LogP contribution in [0.3, 0.4) is 0 Å². The summed E-state index contributed by atoms with van der Waals surface area (Å²) in [7, 11) is 0. The van der Waals surface area contributed by atoms with Gasteiger partial charge in [0.05, 0.1) is 11.6 Å². The van der Waals surface area contributed by atoms with Gasteiger partial charge >= 0.3 is 5.97 Å².